The molecule has 0 fully saturated rings. The van der Waals surface area contributed by atoms with Crippen molar-refractivity contribution in [3.05, 3.63) is 168 Å². The summed E-state index contributed by atoms with van der Waals surface area (Å²) in [5.74, 6) is -1.26. The molecule has 0 heterocycles. The summed E-state index contributed by atoms with van der Waals surface area (Å²) in [6.45, 7) is 15.4. The fourth-order valence-electron chi connectivity index (χ4n) is 8.15. The Morgan fingerprint density at radius 1 is 0.403 bits per heavy atom. The van der Waals surface area contributed by atoms with Crippen LogP contribution in [0.25, 0.3) is 0 Å². The molecule has 0 spiro atoms. The molecule has 0 unspecified atom stereocenters. The first-order valence-corrected chi connectivity index (χ1v) is 27.7. The van der Waals surface area contributed by atoms with Crippen LogP contribution >= 0.6 is 0 Å². The Hall–Kier alpha value is -7.02. The van der Waals surface area contributed by atoms with E-state index in [-0.39, 0.29) is 51.7 Å². The van der Waals surface area contributed by atoms with Crippen molar-refractivity contribution in [2.24, 2.45) is 0 Å². The smallest absolute Gasteiger partial charge is 0.343 e. The predicted octanol–water partition coefficient (Wildman–Crippen LogP) is 15.1. The normalized spacial score (nSPS) is 10.9. The minimum absolute atomic E-state index is 0.0652. The van der Waals surface area contributed by atoms with Gasteiger partial charge < -0.3 is 37.9 Å². The largest absolute Gasteiger partial charge is 0.494 e. The number of carbonyl (C=O) groups excluding carboxylic acids is 4. The molecule has 0 amide bonds. The Kier molecular flexibility index (Phi) is 28.5. The summed E-state index contributed by atoms with van der Waals surface area (Å²) >= 11 is 0. The van der Waals surface area contributed by atoms with E-state index in [1.807, 2.05) is 12.1 Å². The highest BCUT2D eigenvalue weighted by molar-refractivity contribution is 5.99. The summed E-state index contributed by atoms with van der Waals surface area (Å²) in [6, 6.07) is 29.8. The van der Waals surface area contributed by atoms with Crippen molar-refractivity contribution in [3.8, 4) is 34.5 Å². The summed E-state index contributed by atoms with van der Waals surface area (Å²) in [5.41, 5.74) is 2.33. The summed E-state index contributed by atoms with van der Waals surface area (Å²) < 4.78 is 46.7. The van der Waals surface area contributed by atoms with Gasteiger partial charge in [-0.25, -0.2) is 14.4 Å². The van der Waals surface area contributed by atoms with E-state index in [2.05, 4.69) is 27.0 Å². The third-order valence-corrected chi connectivity index (χ3v) is 12.6. The van der Waals surface area contributed by atoms with Crippen molar-refractivity contribution in [3.63, 3.8) is 0 Å². The van der Waals surface area contributed by atoms with E-state index in [1.54, 1.807) is 97.1 Å². The van der Waals surface area contributed by atoms with E-state index in [9.17, 15) is 19.2 Å². The maximum Gasteiger partial charge on any atom is 0.343 e. The number of esters is 3. The van der Waals surface area contributed by atoms with E-state index >= 15 is 0 Å². The molecule has 0 atom stereocenters. The maximum absolute atomic E-state index is 14.1. The van der Waals surface area contributed by atoms with Gasteiger partial charge in [-0.1, -0.05) is 102 Å². The monoisotopic (exact) mass is 1050 g/mol. The van der Waals surface area contributed by atoms with Crippen LogP contribution in [0.4, 0.5) is 0 Å². The van der Waals surface area contributed by atoms with Crippen LogP contribution in [0.2, 0.25) is 0 Å². The second-order valence-electron chi connectivity index (χ2n) is 18.9. The Morgan fingerprint density at radius 2 is 0.766 bits per heavy atom. The molecule has 0 bridgehead atoms. The lowest BCUT2D eigenvalue weighted by Gasteiger charge is -2.17. The summed E-state index contributed by atoms with van der Waals surface area (Å²) in [6.07, 6.45) is 21.1. The van der Waals surface area contributed by atoms with Crippen LogP contribution in [-0.4, -0.2) is 69.9 Å². The zero-order chi connectivity index (χ0) is 54.7. The Balaban J connectivity index is 1.41. The van der Waals surface area contributed by atoms with E-state index in [1.165, 1.54) is 57.1 Å². The van der Waals surface area contributed by atoms with Crippen molar-refractivity contribution in [2.45, 2.75) is 129 Å². The van der Waals surface area contributed by atoms with E-state index in [4.69, 9.17) is 37.9 Å². The number of benzene rings is 5. The van der Waals surface area contributed by atoms with Crippen molar-refractivity contribution in [2.75, 3.05) is 46.2 Å². The van der Waals surface area contributed by atoms with Gasteiger partial charge in [0.1, 0.15) is 23.0 Å². The first kappa shape index (κ1) is 60.8. The third-order valence-electron chi connectivity index (χ3n) is 12.6. The van der Waals surface area contributed by atoms with Crippen molar-refractivity contribution < 1.29 is 57.1 Å². The molecule has 0 aliphatic carbocycles. The van der Waals surface area contributed by atoms with Gasteiger partial charge in [0.2, 0.25) is 0 Å². The number of hydrogen-bond donors (Lipinski definition) is 0. The lowest BCUT2D eigenvalue weighted by Crippen LogP contribution is -2.16. The number of Topliss-reactive ketones (excluding diaryl/α,β-unsaturated/α-hetero) is 1. The molecule has 5 rings (SSSR count). The average molecular weight is 1050 g/mol. The molecule has 0 radical (unpaired) electrons. The molecule has 12 nitrogen and oxygen atoms in total. The molecular weight excluding hydrogens is 973 g/mol. The molecular formula is C65H80O12. The minimum Gasteiger partial charge on any atom is -0.494 e. The van der Waals surface area contributed by atoms with Gasteiger partial charge in [0.25, 0.3) is 0 Å². The van der Waals surface area contributed by atoms with Gasteiger partial charge in [0.15, 0.2) is 17.3 Å². The standard InChI is InChI=1S/C65H80O12/c1-5-9-11-13-15-17-23-50-24-26-52(27-25-50)63(67)75-60-49-62(77-65(69)54-32-38-58(39-33-54)74-46-22-20-43-71-41-8-4)61(76-64(68)53-30-36-57(37-31-53)72-44-18-16-14-12-10-6-2)48-55(60)47-59(66)51-28-34-56(35-29-51)73-45-21-19-42-70-40-7-3/h7-8,24-39,48-49H,3-6,9-23,40-47H2,1-2H3. The number of carbonyl (C=O) groups is 4. The summed E-state index contributed by atoms with van der Waals surface area (Å²) in [5, 5.41) is 0. The Morgan fingerprint density at radius 3 is 1.22 bits per heavy atom. The third kappa shape index (κ3) is 23.0. The van der Waals surface area contributed by atoms with Crippen LogP contribution < -0.4 is 28.4 Å². The fraction of sp³-hybridized carbons (Fsp3) is 0.415. The second-order valence-corrected chi connectivity index (χ2v) is 18.9. The lowest BCUT2D eigenvalue weighted by molar-refractivity contribution is 0.0678. The zero-order valence-electron chi connectivity index (χ0n) is 45.5. The van der Waals surface area contributed by atoms with Crippen molar-refractivity contribution in [1.82, 2.24) is 0 Å². The number of rotatable bonds is 40. The molecule has 0 N–H and O–H groups in total. The van der Waals surface area contributed by atoms with Crippen LogP contribution in [0.3, 0.4) is 0 Å². The second kappa shape index (κ2) is 36.1. The minimum atomic E-state index is -0.787. The van der Waals surface area contributed by atoms with Crippen molar-refractivity contribution >= 4 is 23.7 Å². The number of unbranched alkanes of at least 4 members (excludes halogenated alkanes) is 12. The van der Waals surface area contributed by atoms with Gasteiger partial charge in [-0.3, -0.25) is 4.79 Å². The van der Waals surface area contributed by atoms with Crippen LogP contribution in [-0.2, 0) is 22.3 Å². The number of ether oxygens (including phenoxy) is 8. The predicted molar refractivity (Wildman–Crippen MR) is 303 cm³/mol. The molecule has 412 valence electrons. The topological polar surface area (TPSA) is 142 Å². The molecule has 0 saturated heterocycles. The number of ketones is 1. The molecule has 0 aliphatic rings. The van der Waals surface area contributed by atoms with Crippen LogP contribution in [0.1, 0.15) is 169 Å². The van der Waals surface area contributed by atoms with Gasteiger partial charge in [-0.2, -0.15) is 0 Å². The van der Waals surface area contributed by atoms with Gasteiger partial charge in [0.05, 0.1) is 49.7 Å². The highest BCUT2D eigenvalue weighted by atomic mass is 16.6. The zero-order valence-corrected chi connectivity index (χ0v) is 45.5. The van der Waals surface area contributed by atoms with E-state index < -0.39 is 17.9 Å². The number of hydrogen-bond acceptors (Lipinski definition) is 12. The van der Waals surface area contributed by atoms with E-state index in [0.29, 0.717) is 69.1 Å². The molecule has 0 aliphatic heterocycles. The quantitative estimate of drug-likeness (QED) is 0.0121. The molecule has 77 heavy (non-hydrogen) atoms. The highest BCUT2D eigenvalue weighted by Gasteiger charge is 2.24. The van der Waals surface area contributed by atoms with Gasteiger partial charge in [-0.15, -0.1) is 13.2 Å². The maximum atomic E-state index is 14.1. The van der Waals surface area contributed by atoms with Gasteiger partial charge in [-0.05, 0) is 142 Å². The molecule has 0 saturated carbocycles. The number of aryl methyl sites for hydroxylation is 1. The summed E-state index contributed by atoms with van der Waals surface area (Å²) in [7, 11) is 0. The van der Waals surface area contributed by atoms with Crippen LogP contribution in [0.15, 0.2) is 135 Å². The molecule has 12 heteroatoms. The van der Waals surface area contributed by atoms with Crippen LogP contribution in [0, 0.1) is 0 Å². The molecule has 5 aromatic carbocycles. The summed E-state index contributed by atoms with van der Waals surface area (Å²) in [4.78, 5) is 56.1. The Bertz CT molecular complexity index is 2530. The molecule has 0 aromatic heterocycles. The first-order valence-electron chi connectivity index (χ1n) is 27.7. The molecule has 5 aromatic rings. The highest BCUT2D eigenvalue weighted by Crippen LogP contribution is 2.38. The van der Waals surface area contributed by atoms with Crippen molar-refractivity contribution in [1.29, 1.82) is 0 Å². The van der Waals surface area contributed by atoms with Gasteiger partial charge >= 0.3 is 17.9 Å². The van der Waals surface area contributed by atoms with E-state index in [0.717, 1.165) is 69.8 Å². The SMILES string of the molecule is C=CCOCCCCOc1ccc(C(=O)Cc2cc(OC(=O)c3ccc(OCCCCCCCC)cc3)c(OC(=O)c3ccc(OCCCCOCC=C)cc3)cc2OC(=O)c2ccc(CCCCCCCC)cc2)cc1. The van der Waals surface area contributed by atoms with Gasteiger partial charge in [0, 0.05) is 36.8 Å². The first-order chi connectivity index (χ1) is 37.7. The fourth-order valence-corrected chi connectivity index (χ4v) is 8.15. The lowest BCUT2D eigenvalue weighted by atomic mass is 10.0. The van der Waals surface area contributed by atoms with Crippen LogP contribution in [0.5, 0.6) is 34.5 Å². The average Bonchev–Trinajstić information content (AvgIpc) is 3.45. The Labute approximate surface area is 457 Å².